The molecule has 0 spiro atoms. The van der Waals surface area contributed by atoms with Crippen molar-refractivity contribution in [2.75, 3.05) is 11.9 Å². The maximum Gasteiger partial charge on any atom is 0.237 e. The van der Waals surface area contributed by atoms with Crippen LogP contribution in [-0.2, 0) is 15.0 Å². The van der Waals surface area contributed by atoms with Gasteiger partial charge in [-0.25, -0.2) is 4.39 Å². The van der Waals surface area contributed by atoms with Crippen molar-refractivity contribution in [3.05, 3.63) is 60.2 Å². The first-order chi connectivity index (χ1) is 18.4. The Morgan fingerprint density at radius 3 is 2.29 bits per heavy atom. The third-order valence-corrected chi connectivity index (χ3v) is 10.4. The van der Waals surface area contributed by atoms with Crippen LogP contribution in [0.1, 0.15) is 69.8 Å². The molecule has 1 heterocycles. The number of anilines is 1. The summed E-state index contributed by atoms with van der Waals surface area (Å²) in [6.45, 7) is 0.536. The first-order valence-corrected chi connectivity index (χ1v) is 14.4. The van der Waals surface area contributed by atoms with Gasteiger partial charge in [0.1, 0.15) is 5.82 Å². The van der Waals surface area contributed by atoms with Gasteiger partial charge in [0.25, 0.3) is 0 Å². The minimum Gasteiger partial charge on any atom is -0.354 e. The van der Waals surface area contributed by atoms with Crippen molar-refractivity contribution in [3.63, 3.8) is 0 Å². The van der Waals surface area contributed by atoms with Crippen LogP contribution < -0.4 is 16.4 Å². The van der Waals surface area contributed by atoms with Gasteiger partial charge in [-0.05, 0) is 98.4 Å². The Kier molecular flexibility index (Phi) is 6.75. The fraction of sp³-hybridized carbons (Fsp3) is 0.581. The van der Waals surface area contributed by atoms with Gasteiger partial charge in [0.2, 0.25) is 11.8 Å². The monoisotopic (exact) mass is 518 g/mol. The highest BCUT2D eigenvalue weighted by atomic mass is 19.1. The van der Waals surface area contributed by atoms with Gasteiger partial charge in [-0.2, -0.15) is 0 Å². The summed E-state index contributed by atoms with van der Waals surface area (Å²) in [6.07, 6.45) is 13.4. The first-order valence-electron chi connectivity index (χ1n) is 14.4. The van der Waals surface area contributed by atoms with E-state index in [1.54, 1.807) is 12.4 Å². The summed E-state index contributed by atoms with van der Waals surface area (Å²) in [7, 11) is 0. The molecule has 4 N–H and O–H groups in total. The van der Waals surface area contributed by atoms with Crippen LogP contribution in [0.15, 0.2) is 48.8 Å². The highest BCUT2D eigenvalue weighted by Crippen LogP contribution is 2.63. The maximum absolute atomic E-state index is 13.6. The molecule has 5 aliphatic rings. The number of aromatic nitrogens is 1. The zero-order valence-corrected chi connectivity index (χ0v) is 22.0. The molecule has 2 amide bonds. The molecule has 1 aromatic carbocycles. The molecule has 1 aromatic heterocycles. The Morgan fingerprint density at radius 2 is 1.63 bits per heavy atom. The second-order valence-electron chi connectivity index (χ2n) is 12.6. The van der Waals surface area contributed by atoms with Crippen molar-refractivity contribution >= 4 is 17.5 Å². The van der Waals surface area contributed by atoms with Crippen molar-refractivity contribution in [1.82, 2.24) is 10.3 Å². The number of hydrogen-bond acceptors (Lipinski definition) is 4. The number of halogens is 1. The minimum atomic E-state index is -0.570. The van der Waals surface area contributed by atoms with E-state index in [4.69, 9.17) is 5.73 Å². The van der Waals surface area contributed by atoms with E-state index >= 15 is 0 Å². The fourth-order valence-electron chi connectivity index (χ4n) is 8.78. The molecular weight excluding hydrogens is 479 g/mol. The number of pyridine rings is 1. The number of nitrogens with zero attached hydrogens (tertiary/aromatic N) is 1. The van der Waals surface area contributed by atoms with Gasteiger partial charge >= 0.3 is 0 Å². The van der Waals surface area contributed by atoms with Crippen LogP contribution >= 0.6 is 0 Å². The van der Waals surface area contributed by atoms with Gasteiger partial charge in [-0.1, -0.05) is 31.4 Å². The van der Waals surface area contributed by atoms with Crippen LogP contribution in [-0.4, -0.2) is 29.4 Å². The van der Waals surface area contributed by atoms with Gasteiger partial charge in [0.15, 0.2) is 0 Å². The third kappa shape index (κ3) is 4.63. The van der Waals surface area contributed by atoms with E-state index in [9.17, 15) is 14.0 Å². The van der Waals surface area contributed by atoms with Crippen molar-refractivity contribution < 1.29 is 14.0 Å². The standard InChI is InChI=1S/C31H39FN4O2/c32-24-6-4-23(5-7-24)30(10-2-1-3-11-30)19-35-28(37)27(33)26-21-14-20-15-22(26)18-31(16-20,17-21)29(38)36-25-8-12-34-13-9-25/h4-9,12-13,20-22,26-27H,1-3,10-11,14-19,33H2,(H,35,37)(H,34,36,38). The SMILES string of the molecule is NC(C(=O)NCC1(c2ccc(F)cc2)CCCCC1)C1C2CC3CC1CC(C(=O)Nc1ccncc1)(C3)C2. The molecule has 5 saturated carbocycles. The summed E-state index contributed by atoms with van der Waals surface area (Å²) in [5, 5.41) is 6.37. The lowest BCUT2D eigenvalue weighted by atomic mass is 9.45. The number of benzene rings is 1. The minimum absolute atomic E-state index is 0.0789. The predicted molar refractivity (Wildman–Crippen MR) is 144 cm³/mol. The number of hydrogen-bond donors (Lipinski definition) is 3. The molecule has 5 fully saturated rings. The highest BCUT2D eigenvalue weighted by Gasteiger charge is 2.60. The molecule has 7 rings (SSSR count). The van der Waals surface area contributed by atoms with Crippen LogP contribution in [0.3, 0.4) is 0 Å². The Morgan fingerprint density at radius 1 is 0.974 bits per heavy atom. The molecule has 4 bridgehead atoms. The molecule has 6 nitrogen and oxygen atoms in total. The van der Waals surface area contributed by atoms with Crippen LogP contribution in [0.2, 0.25) is 0 Å². The van der Waals surface area contributed by atoms with E-state index in [0.717, 1.165) is 69.0 Å². The summed E-state index contributed by atoms with van der Waals surface area (Å²) >= 11 is 0. The van der Waals surface area contributed by atoms with Gasteiger partial charge in [0.05, 0.1) is 11.5 Å². The van der Waals surface area contributed by atoms with Crippen LogP contribution in [0, 0.1) is 34.9 Å². The Labute approximate surface area is 224 Å². The molecule has 2 aromatic rings. The molecule has 0 aliphatic heterocycles. The van der Waals surface area contributed by atoms with Gasteiger partial charge < -0.3 is 16.4 Å². The third-order valence-electron chi connectivity index (χ3n) is 10.4. The van der Waals surface area contributed by atoms with Crippen LogP contribution in [0.4, 0.5) is 10.1 Å². The normalized spacial score (nSPS) is 31.9. The van der Waals surface area contributed by atoms with Crippen molar-refractivity contribution in [3.8, 4) is 0 Å². The number of carbonyl (C=O) groups excluding carboxylic acids is 2. The molecule has 3 atom stereocenters. The molecule has 0 saturated heterocycles. The van der Waals surface area contributed by atoms with E-state index in [2.05, 4.69) is 15.6 Å². The summed E-state index contributed by atoms with van der Waals surface area (Å²) < 4.78 is 13.6. The Bertz CT molecular complexity index is 1150. The molecule has 5 aliphatic carbocycles. The average molecular weight is 519 g/mol. The van der Waals surface area contributed by atoms with Gasteiger partial charge in [0, 0.05) is 30.0 Å². The molecule has 202 valence electrons. The number of carbonyl (C=O) groups is 2. The Hall–Kier alpha value is -2.80. The lowest BCUT2D eigenvalue weighted by Crippen LogP contribution is -2.61. The topological polar surface area (TPSA) is 97.1 Å². The van der Waals surface area contributed by atoms with Crippen LogP contribution in [0.5, 0.6) is 0 Å². The smallest absolute Gasteiger partial charge is 0.237 e. The second kappa shape index (κ2) is 10.1. The van der Waals surface area contributed by atoms with Gasteiger partial charge in [-0.15, -0.1) is 0 Å². The molecule has 7 heteroatoms. The van der Waals surface area contributed by atoms with Crippen molar-refractivity contribution in [2.24, 2.45) is 34.8 Å². The van der Waals surface area contributed by atoms with E-state index < -0.39 is 6.04 Å². The molecule has 0 radical (unpaired) electrons. The summed E-state index contributed by atoms with van der Waals surface area (Å²) in [4.78, 5) is 31.0. The van der Waals surface area contributed by atoms with E-state index in [-0.39, 0.29) is 34.4 Å². The molecular formula is C31H39FN4O2. The van der Waals surface area contributed by atoms with E-state index in [1.165, 1.54) is 18.6 Å². The average Bonchev–Trinajstić information content (AvgIpc) is 2.92. The zero-order valence-electron chi connectivity index (χ0n) is 22.0. The number of nitrogens with two attached hydrogens (primary N) is 1. The van der Waals surface area contributed by atoms with Crippen molar-refractivity contribution in [2.45, 2.75) is 75.7 Å². The molecule has 3 unspecified atom stereocenters. The quantitative estimate of drug-likeness (QED) is 0.483. The van der Waals surface area contributed by atoms with Crippen molar-refractivity contribution in [1.29, 1.82) is 0 Å². The Balaban J connectivity index is 1.13. The zero-order chi connectivity index (χ0) is 26.3. The lowest BCUT2D eigenvalue weighted by Gasteiger charge is -2.60. The summed E-state index contributed by atoms with van der Waals surface area (Å²) in [5.41, 5.74) is 8.09. The largest absolute Gasteiger partial charge is 0.354 e. The number of rotatable bonds is 7. The first kappa shape index (κ1) is 25.5. The fourth-order valence-corrected chi connectivity index (χ4v) is 8.78. The lowest BCUT2D eigenvalue weighted by molar-refractivity contribution is -0.151. The van der Waals surface area contributed by atoms with E-state index in [1.807, 2.05) is 24.3 Å². The summed E-state index contributed by atoms with van der Waals surface area (Å²) in [6, 6.07) is 9.88. The van der Waals surface area contributed by atoms with E-state index in [0.29, 0.717) is 24.3 Å². The van der Waals surface area contributed by atoms with Gasteiger partial charge in [-0.3, -0.25) is 14.6 Å². The molecule has 38 heavy (non-hydrogen) atoms. The number of amides is 2. The summed E-state index contributed by atoms with van der Waals surface area (Å²) in [5.74, 6) is 1.03. The van der Waals surface area contributed by atoms with Crippen LogP contribution in [0.25, 0.3) is 0 Å². The predicted octanol–water partition coefficient (Wildman–Crippen LogP) is 4.95. The maximum atomic E-state index is 13.6. The number of nitrogens with one attached hydrogen (secondary N) is 2. The highest BCUT2D eigenvalue weighted by molar-refractivity contribution is 5.95. The second-order valence-corrected chi connectivity index (χ2v) is 12.6.